The van der Waals surface area contributed by atoms with E-state index in [1.807, 2.05) is 31.2 Å². The Hall–Kier alpha value is -2.62. The molecule has 0 saturated carbocycles. The van der Waals surface area contributed by atoms with Gasteiger partial charge in [0.05, 0.1) is 12.0 Å². The van der Waals surface area contributed by atoms with Crippen LogP contribution in [0, 0.1) is 0 Å². The zero-order valence-corrected chi connectivity index (χ0v) is 10.8. The molecule has 1 aliphatic rings. The summed E-state index contributed by atoms with van der Waals surface area (Å²) in [6.45, 7) is 2.45. The molecule has 4 rings (SSSR count). The molecule has 1 aromatic heterocycles. The van der Waals surface area contributed by atoms with Crippen molar-refractivity contribution in [2.75, 3.05) is 6.61 Å². The molecule has 0 unspecified atom stereocenters. The zero-order chi connectivity index (χ0) is 13.7. The van der Waals surface area contributed by atoms with Gasteiger partial charge in [0.15, 0.2) is 17.1 Å². The number of aromatic nitrogens is 1. The summed E-state index contributed by atoms with van der Waals surface area (Å²) in [7, 11) is 0. The molecular weight excluding hydrogens is 254 g/mol. The van der Waals surface area contributed by atoms with Crippen LogP contribution in [-0.4, -0.2) is 17.5 Å². The van der Waals surface area contributed by atoms with Crippen molar-refractivity contribution in [3.05, 3.63) is 47.5 Å². The van der Waals surface area contributed by atoms with Crippen LogP contribution in [-0.2, 0) is 0 Å². The second kappa shape index (κ2) is 3.93. The summed E-state index contributed by atoms with van der Waals surface area (Å²) in [6, 6.07) is 11.0. The van der Waals surface area contributed by atoms with Crippen molar-refractivity contribution in [3.63, 3.8) is 0 Å². The average Bonchev–Trinajstić information content (AvgIpc) is 2.92. The smallest absolute Gasteiger partial charge is 0.194 e. The Morgan fingerprint density at radius 1 is 1.10 bits per heavy atom. The Kier molecular flexibility index (Phi) is 2.21. The molecule has 0 radical (unpaired) electrons. The summed E-state index contributed by atoms with van der Waals surface area (Å²) >= 11 is 0. The fraction of sp³-hybridized carbons (Fsp3) is 0.125. The van der Waals surface area contributed by atoms with Crippen LogP contribution in [0.25, 0.3) is 22.2 Å². The Balaban J connectivity index is 2.12. The molecule has 0 saturated heterocycles. The van der Waals surface area contributed by atoms with Crippen molar-refractivity contribution in [1.29, 1.82) is 0 Å². The summed E-state index contributed by atoms with van der Waals surface area (Å²) in [4.78, 5) is 12.6. The Morgan fingerprint density at radius 3 is 2.70 bits per heavy atom. The number of hydrogen-bond acceptors (Lipinski definition) is 4. The number of benzene rings is 2. The normalized spacial score (nSPS) is 12.6. The maximum absolute atomic E-state index is 12.6. The molecular formula is C16H11NO3. The molecule has 98 valence electrons. The van der Waals surface area contributed by atoms with Crippen LogP contribution in [0.5, 0.6) is 5.75 Å². The highest BCUT2D eigenvalue weighted by atomic mass is 16.5. The van der Waals surface area contributed by atoms with Gasteiger partial charge in [0.25, 0.3) is 0 Å². The van der Waals surface area contributed by atoms with Crippen LogP contribution in [0.1, 0.15) is 22.8 Å². The number of carbonyl (C=O) groups excluding carboxylic acids is 1. The highest BCUT2D eigenvalue weighted by Gasteiger charge is 2.29. The van der Waals surface area contributed by atoms with Crippen molar-refractivity contribution < 1.29 is 14.1 Å². The van der Waals surface area contributed by atoms with Crippen molar-refractivity contribution in [2.24, 2.45) is 0 Å². The number of nitrogens with zero attached hydrogens (tertiary/aromatic N) is 1. The van der Waals surface area contributed by atoms with Gasteiger partial charge in [-0.2, -0.15) is 0 Å². The fourth-order valence-electron chi connectivity index (χ4n) is 2.70. The van der Waals surface area contributed by atoms with Crippen LogP contribution < -0.4 is 4.74 Å². The van der Waals surface area contributed by atoms with E-state index in [1.165, 1.54) is 0 Å². The monoisotopic (exact) mass is 265 g/mol. The maximum Gasteiger partial charge on any atom is 0.194 e. The first-order chi connectivity index (χ1) is 9.81. The van der Waals surface area contributed by atoms with E-state index in [4.69, 9.17) is 9.26 Å². The Morgan fingerprint density at radius 2 is 1.90 bits per heavy atom. The van der Waals surface area contributed by atoms with Gasteiger partial charge in [-0.05, 0) is 19.1 Å². The second-order valence-electron chi connectivity index (χ2n) is 4.65. The summed E-state index contributed by atoms with van der Waals surface area (Å²) in [5.41, 5.74) is 2.68. The standard InChI is InChI=1S/C16H11NO3/c1-2-19-12-8-7-11-13-14(12)17-20-16(13)10-6-4-3-5-9(10)15(11)18/h3-8H,2H2,1H3. The quantitative estimate of drug-likeness (QED) is 0.557. The third-order valence-corrected chi connectivity index (χ3v) is 3.56. The van der Waals surface area contributed by atoms with E-state index < -0.39 is 0 Å². The van der Waals surface area contributed by atoms with E-state index in [0.29, 0.717) is 34.8 Å². The summed E-state index contributed by atoms with van der Waals surface area (Å²) in [5.74, 6) is 1.30. The van der Waals surface area contributed by atoms with Gasteiger partial charge in [-0.1, -0.05) is 29.4 Å². The minimum atomic E-state index is 0.00403. The number of ether oxygens (including phenoxy) is 1. The molecule has 20 heavy (non-hydrogen) atoms. The van der Waals surface area contributed by atoms with E-state index in [1.54, 1.807) is 12.1 Å². The summed E-state index contributed by atoms with van der Waals surface area (Å²) < 4.78 is 11.0. The lowest BCUT2D eigenvalue weighted by molar-refractivity contribution is 0.104. The summed E-state index contributed by atoms with van der Waals surface area (Å²) in [6.07, 6.45) is 0. The van der Waals surface area contributed by atoms with Gasteiger partial charge in [-0.3, -0.25) is 4.79 Å². The van der Waals surface area contributed by atoms with Crippen molar-refractivity contribution in [1.82, 2.24) is 5.16 Å². The van der Waals surface area contributed by atoms with Crippen LogP contribution in [0.4, 0.5) is 0 Å². The van der Waals surface area contributed by atoms with E-state index in [9.17, 15) is 4.79 Å². The molecule has 0 fully saturated rings. The highest BCUT2D eigenvalue weighted by Crippen LogP contribution is 2.42. The molecule has 0 spiro atoms. The minimum absolute atomic E-state index is 0.00403. The second-order valence-corrected chi connectivity index (χ2v) is 4.65. The highest BCUT2D eigenvalue weighted by molar-refractivity contribution is 6.25. The Labute approximate surface area is 114 Å². The molecule has 2 aromatic carbocycles. The van der Waals surface area contributed by atoms with Crippen LogP contribution in [0.2, 0.25) is 0 Å². The lowest BCUT2D eigenvalue weighted by atomic mass is 9.88. The first kappa shape index (κ1) is 11.2. The first-order valence-corrected chi connectivity index (χ1v) is 6.50. The van der Waals surface area contributed by atoms with Crippen LogP contribution >= 0.6 is 0 Å². The molecule has 1 heterocycles. The molecule has 1 aliphatic carbocycles. The molecule has 3 aromatic rings. The van der Waals surface area contributed by atoms with Gasteiger partial charge >= 0.3 is 0 Å². The lowest BCUT2D eigenvalue weighted by Gasteiger charge is -2.14. The first-order valence-electron chi connectivity index (χ1n) is 6.50. The largest absolute Gasteiger partial charge is 0.491 e. The molecule has 0 N–H and O–H groups in total. The van der Waals surface area contributed by atoms with Gasteiger partial charge in [-0.25, -0.2) is 0 Å². The number of fused-ring (bicyclic) bond motifs is 2. The molecule has 4 nitrogen and oxygen atoms in total. The van der Waals surface area contributed by atoms with Gasteiger partial charge in [0, 0.05) is 16.7 Å². The lowest BCUT2D eigenvalue weighted by Crippen LogP contribution is -2.08. The SMILES string of the molecule is CCOc1ccc2c3c(onc13)-c1ccccc1C2=O. The molecule has 0 amide bonds. The molecule has 0 atom stereocenters. The summed E-state index contributed by atoms with van der Waals surface area (Å²) in [5, 5.41) is 4.84. The fourth-order valence-corrected chi connectivity index (χ4v) is 2.70. The number of rotatable bonds is 2. The molecule has 4 heteroatoms. The number of hydrogen-bond donors (Lipinski definition) is 0. The predicted molar refractivity (Wildman–Crippen MR) is 74.0 cm³/mol. The van der Waals surface area contributed by atoms with E-state index >= 15 is 0 Å². The Bertz CT molecular complexity index is 848. The molecule has 0 bridgehead atoms. The third-order valence-electron chi connectivity index (χ3n) is 3.56. The van der Waals surface area contributed by atoms with Crippen molar-refractivity contribution in [2.45, 2.75) is 6.92 Å². The van der Waals surface area contributed by atoms with E-state index in [0.717, 1.165) is 10.9 Å². The van der Waals surface area contributed by atoms with Crippen LogP contribution in [0.3, 0.4) is 0 Å². The molecule has 0 aliphatic heterocycles. The van der Waals surface area contributed by atoms with Gasteiger partial charge in [0.2, 0.25) is 0 Å². The van der Waals surface area contributed by atoms with Gasteiger partial charge in [0.1, 0.15) is 5.75 Å². The van der Waals surface area contributed by atoms with E-state index in [-0.39, 0.29) is 5.78 Å². The van der Waals surface area contributed by atoms with Gasteiger partial charge < -0.3 is 9.26 Å². The van der Waals surface area contributed by atoms with Gasteiger partial charge in [-0.15, -0.1) is 0 Å². The minimum Gasteiger partial charge on any atom is -0.491 e. The van der Waals surface area contributed by atoms with E-state index in [2.05, 4.69) is 5.16 Å². The predicted octanol–water partition coefficient (Wildman–Crippen LogP) is 3.44. The maximum atomic E-state index is 12.6. The van der Waals surface area contributed by atoms with Crippen LogP contribution in [0.15, 0.2) is 40.9 Å². The zero-order valence-electron chi connectivity index (χ0n) is 10.8. The van der Waals surface area contributed by atoms with Crippen molar-refractivity contribution >= 4 is 16.7 Å². The average molecular weight is 265 g/mol. The number of carbonyl (C=O) groups is 1. The van der Waals surface area contributed by atoms with Crippen molar-refractivity contribution in [3.8, 4) is 17.1 Å². The number of ketones is 1. The third kappa shape index (κ3) is 1.30. The topological polar surface area (TPSA) is 52.3 Å².